The lowest BCUT2D eigenvalue weighted by Crippen LogP contribution is -2.37. The normalized spacial score (nSPS) is 19.0. The molecule has 2 atom stereocenters. The Hall–Kier alpha value is -4.62. The Morgan fingerprint density at radius 2 is 1.67 bits per heavy atom. The highest BCUT2D eigenvalue weighted by molar-refractivity contribution is 6.06. The Morgan fingerprint density at radius 3 is 2.24 bits per heavy atom. The van der Waals surface area contributed by atoms with Gasteiger partial charge in [-0.1, -0.05) is 49.4 Å². The molecule has 0 spiro atoms. The predicted molar refractivity (Wildman–Crippen MR) is 162 cm³/mol. The van der Waals surface area contributed by atoms with Gasteiger partial charge in [0.15, 0.2) is 0 Å². The predicted octanol–water partition coefficient (Wildman–Crippen LogP) is 5.75. The van der Waals surface area contributed by atoms with Crippen LogP contribution in [-0.4, -0.2) is 61.1 Å². The number of amides is 2. The zero-order chi connectivity index (χ0) is 32.6. The van der Waals surface area contributed by atoms with Crippen LogP contribution in [0, 0.1) is 0 Å². The first-order valence-corrected chi connectivity index (χ1v) is 14.3. The number of ether oxygens (including phenoxy) is 2. The molecule has 1 saturated carbocycles. The van der Waals surface area contributed by atoms with E-state index in [1.54, 1.807) is 12.1 Å². The van der Waals surface area contributed by atoms with Crippen molar-refractivity contribution in [2.75, 3.05) is 41.8 Å². The number of nitrogens with one attached hydrogen (secondary N) is 2. The summed E-state index contributed by atoms with van der Waals surface area (Å²) in [5, 5.41) is 12.9. The molecule has 2 unspecified atom stereocenters. The lowest BCUT2D eigenvalue weighted by Gasteiger charge is -2.30. The van der Waals surface area contributed by atoms with Gasteiger partial charge in [-0.15, -0.1) is 0 Å². The first-order chi connectivity index (χ1) is 21.4. The number of hydrogen-bond acceptors (Lipinski definition) is 7. The third kappa shape index (κ3) is 9.19. The Morgan fingerprint density at radius 1 is 1.02 bits per heavy atom. The zero-order valence-electron chi connectivity index (χ0n) is 24.6. The molecule has 0 radical (unpaired) electrons. The molecule has 1 heterocycles. The smallest absolute Gasteiger partial charge is 0.475 e. The molecule has 3 aromatic rings. The third-order valence-corrected chi connectivity index (χ3v) is 7.65. The molecule has 45 heavy (non-hydrogen) atoms. The minimum absolute atomic E-state index is 0.0986. The molecular weight excluding hydrogens is 593 g/mol. The number of carboxylic acid groups (broad SMARTS) is 1. The van der Waals surface area contributed by atoms with Gasteiger partial charge in [0.25, 0.3) is 5.91 Å². The zero-order valence-corrected chi connectivity index (χ0v) is 24.6. The molecule has 13 heteroatoms. The molecule has 1 saturated heterocycles. The molecular formula is C32H35F3N4O6. The summed E-state index contributed by atoms with van der Waals surface area (Å²) < 4.78 is 42.6. The van der Waals surface area contributed by atoms with Crippen molar-refractivity contribution in [1.29, 1.82) is 0 Å². The summed E-state index contributed by atoms with van der Waals surface area (Å²) in [6.45, 7) is 4.84. The number of morpholine rings is 1. The first-order valence-electron chi connectivity index (χ1n) is 14.3. The van der Waals surface area contributed by atoms with E-state index in [4.69, 9.17) is 25.1 Å². The van der Waals surface area contributed by atoms with Gasteiger partial charge < -0.3 is 30.5 Å². The fraction of sp³-hybridized carbons (Fsp3) is 0.344. The number of halogens is 3. The van der Waals surface area contributed by atoms with Crippen LogP contribution in [0.25, 0.3) is 0 Å². The van der Waals surface area contributed by atoms with Crippen molar-refractivity contribution >= 4 is 35.0 Å². The van der Waals surface area contributed by atoms with Crippen LogP contribution in [-0.2, 0) is 20.9 Å². The number of carbonyl (C=O) groups is 3. The summed E-state index contributed by atoms with van der Waals surface area (Å²) in [6, 6.07) is 22.7. The third-order valence-electron chi connectivity index (χ3n) is 7.65. The van der Waals surface area contributed by atoms with Crippen LogP contribution < -0.4 is 21.3 Å². The highest BCUT2D eigenvalue weighted by atomic mass is 19.4. The van der Waals surface area contributed by atoms with Gasteiger partial charge in [-0.05, 0) is 54.3 Å². The van der Waals surface area contributed by atoms with Gasteiger partial charge in [-0.25, -0.2) is 9.59 Å². The molecule has 5 N–H and O–H groups in total. The Balaban J connectivity index is 0.000000591. The maximum absolute atomic E-state index is 13.1. The standard InChI is InChI=1S/C30H34N4O4.C2HF3O2/c1-2-30(31)19-25(30)22-8-11-24(12-9-22)32-28(35)23-10-13-27(34-14-16-37-17-15-34)26(18-23)33-29(36)38-20-21-6-4-3-5-7-21;3-2(4,5)1(6)7/h3-13,18,25H,2,14-17,19-20,31H2,1H3,(H,32,35)(H,33,36);(H,6,7). The molecule has 5 rings (SSSR count). The average Bonchev–Trinajstić information content (AvgIpc) is 3.72. The number of carbonyl (C=O) groups excluding carboxylic acids is 2. The minimum atomic E-state index is -5.08. The van der Waals surface area contributed by atoms with Crippen LogP contribution in [0.1, 0.15) is 47.2 Å². The number of rotatable bonds is 8. The van der Waals surface area contributed by atoms with Gasteiger partial charge >= 0.3 is 18.2 Å². The number of nitrogens with zero attached hydrogens (tertiary/aromatic N) is 1. The van der Waals surface area contributed by atoms with Crippen molar-refractivity contribution < 1.29 is 42.1 Å². The van der Waals surface area contributed by atoms with Gasteiger partial charge in [0.1, 0.15) is 6.61 Å². The topological polar surface area (TPSA) is 143 Å². The van der Waals surface area contributed by atoms with Crippen molar-refractivity contribution in [2.45, 2.75) is 44.0 Å². The molecule has 2 fully saturated rings. The van der Waals surface area contributed by atoms with Crippen molar-refractivity contribution in [3.63, 3.8) is 0 Å². The average molecular weight is 629 g/mol. The van der Waals surface area contributed by atoms with Gasteiger partial charge in [-0.2, -0.15) is 13.2 Å². The van der Waals surface area contributed by atoms with E-state index in [1.807, 2.05) is 60.7 Å². The molecule has 0 bridgehead atoms. The van der Waals surface area contributed by atoms with Crippen molar-refractivity contribution in [3.05, 3.63) is 89.5 Å². The summed E-state index contributed by atoms with van der Waals surface area (Å²) in [6.07, 6.45) is -3.72. The fourth-order valence-corrected chi connectivity index (χ4v) is 4.89. The van der Waals surface area contributed by atoms with Gasteiger partial charge in [0.05, 0.1) is 24.6 Å². The lowest BCUT2D eigenvalue weighted by molar-refractivity contribution is -0.192. The second-order valence-corrected chi connectivity index (χ2v) is 10.7. The molecule has 10 nitrogen and oxygen atoms in total. The summed E-state index contributed by atoms with van der Waals surface area (Å²) in [5.41, 5.74) is 10.8. The Kier molecular flexibility index (Phi) is 10.7. The van der Waals surface area contributed by atoms with Gasteiger partial charge in [-0.3, -0.25) is 10.1 Å². The van der Waals surface area contributed by atoms with E-state index < -0.39 is 18.2 Å². The van der Waals surface area contributed by atoms with E-state index in [9.17, 15) is 22.8 Å². The lowest BCUT2D eigenvalue weighted by atomic mass is 10.0. The maximum Gasteiger partial charge on any atom is 0.490 e. The quantitative estimate of drug-likeness (QED) is 0.247. The van der Waals surface area contributed by atoms with Crippen molar-refractivity contribution in [1.82, 2.24) is 0 Å². The van der Waals surface area contributed by atoms with Crippen LogP contribution in [0.15, 0.2) is 72.8 Å². The highest BCUT2D eigenvalue weighted by Crippen LogP contribution is 2.51. The van der Waals surface area contributed by atoms with Crippen molar-refractivity contribution in [3.8, 4) is 0 Å². The fourth-order valence-electron chi connectivity index (χ4n) is 4.89. The molecule has 1 aliphatic heterocycles. The molecule has 1 aliphatic carbocycles. The van der Waals surface area contributed by atoms with Gasteiger partial charge in [0.2, 0.25) is 0 Å². The summed E-state index contributed by atoms with van der Waals surface area (Å²) in [4.78, 5) is 36.8. The monoisotopic (exact) mass is 628 g/mol. The number of benzene rings is 3. The highest BCUT2D eigenvalue weighted by Gasteiger charge is 2.49. The Labute approximate surface area is 258 Å². The second kappa shape index (κ2) is 14.4. The van der Waals surface area contributed by atoms with E-state index in [0.29, 0.717) is 49.2 Å². The van der Waals surface area contributed by atoms with Crippen LogP contribution in [0.3, 0.4) is 0 Å². The maximum atomic E-state index is 13.1. The first kappa shape index (κ1) is 33.3. The molecule has 3 aromatic carbocycles. The van der Waals surface area contributed by atoms with E-state index in [1.165, 1.54) is 5.56 Å². The van der Waals surface area contributed by atoms with E-state index >= 15 is 0 Å². The number of hydrogen-bond donors (Lipinski definition) is 4. The molecule has 2 aliphatic rings. The van der Waals surface area contributed by atoms with Crippen LogP contribution in [0.5, 0.6) is 0 Å². The minimum Gasteiger partial charge on any atom is -0.475 e. The van der Waals surface area contributed by atoms with Crippen LogP contribution in [0.2, 0.25) is 0 Å². The molecule has 0 aromatic heterocycles. The second-order valence-electron chi connectivity index (χ2n) is 10.7. The SMILES string of the molecule is CCC1(N)CC1c1ccc(NC(=O)c2ccc(N3CCOCC3)c(NC(=O)OCc3ccccc3)c2)cc1.O=C(O)C(F)(F)F. The number of anilines is 3. The van der Waals surface area contributed by atoms with E-state index in [0.717, 1.165) is 24.1 Å². The summed E-state index contributed by atoms with van der Waals surface area (Å²) in [5.74, 6) is -2.65. The van der Waals surface area contributed by atoms with Crippen LogP contribution >= 0.6 is 0 Å². The Bertz CT molecular complexity index is 1480. The largest absolute Gasteiger partial charge is 0.490 e. The van der Waals surface area contributed by atoms with Crippen molar-refractivity contribution in [2.24, 2.45) is 5.73 Å². The van der Waals surface area contributed by atoms with E-state index in [2.05, 4.69) is 22.5 Å². The van der Waals surface area contributed by atoms with E-state index in [-0.39, 0.29) is 18.1 Å². The molecule has 240 valence electrons. The number of carboxylic acids is 1. The van der Waals surface area contributed by atoms with Crippen LogP contribution in [0.4, 0.5) is 35.0 Å². The summed E-state index contributed by atoms with van der Waals surface area (Å²) >= 11 is 0. The number of aliphatic carboxylic acids is 1. The summed E-state index contributed by atoms with van der Waals surface area (Å²) in [7, 11) is 0. The molecule has 2 amide bonds. The van der Waals surface area contributed by atoms with Gasteiger partial charge in [0, 0.05) is 35.8 Å². The number of alkyl halides is 3. The number of nitrogens with two attached hydrogens (primary N) is 1.